The molecule has 1 N–H and O–H groups in total. The molecule has 26 heavy (non-hydrogen) atoms. The molecule has 2 aliphatic carbocycles. The number of carbonyl (C=O) groups excluding carboxylic acids is 3. The Kier molecular flexibility index (Phi) is 6.36. The van der Waals surface area contributed by atoms with Crippen LogP contribution in [0, 0.1) is 5.92 Å². The van der Waals surface area contributed by atoms with Gasteiger partial charge in [0, 0.05) is 19.0 Å². The maximum absolute atomic E-state index is 12.4. The van der Waals surface area contributed by atoms with Gasteiger partial charge in [-0.25, -0.2) is 4.79 Å². The highest BCUT2D eigenvalue weighted by Crippen LogP contribution is 2.20. The number of carbonyl (C=O) groups is 3. The molecule has 1 fully saturated rings. The van der Waals surface area contributed by atoms with E-state index in [4.69, 9.17) is 0 Å². The lowest BCUT2D eigenvalue weighted by Crippen LogP contribution is -2.46. The summed E-state index contributed by atoms with van der Waals surface area (Å²) in [6, 6.07) is -0.124. The summed E-state index contributed by atoms with van der Waals surface area (Å²) in [4.78, 5) is 41.7. The molecule has 3 rings (SSSR count). The van der Waals surface area contributed by atoms with Crippen LogP contribution in [0.1, 0.15) is 57.8 Å². The summed E-state index contributed by atoms with van der Waals surface area (Å²) in [6.45, 7) is 0.368. The van der Waals surface area contributed by atoms with Gasteiger partial charge >= 0.3 is 6.03 Å². The molecule has 6 nitrogen and oxygen atoms in total. The smallest absolute Gasteiger partial charge is 0.350 e. The molecule has 0 spiro atoms. The van der Waals surface area contributed by atoms with E-state index in [-0.39, 0.29) is 11.8 Å². The molecular weight excluding hydrogens is 330 g/mol. The van der Waals surface area contributed by atoms with Crippen LogP contribution in [-0.2, 0) is 9.59 Å². The van der Waals surface area contributed by atoms with E-state index in [1.165, 1.54) is 24.2 Å². The number of amides is 4. The molecule has 1 atom stereocenters. The summed E-state index contributed by atoms with van der Waals surface area (Å²) in [5.74, 6) is -0.509. The Morgan fingerprint density at radius 3 is 2.73 bits per heavy atom. The van der Waals surface area contributed by atoms with Gasteiger partial charge in [0.1, 0.15) is 0 Å². The zero-order chi connectivity index (χ0) is 18.4. The lowest BCUT2D eigenvalue weighted by atomic mass is 9.95. The number of aliphatic imine (C=N–C) groups is 1. The molecule has 1 unspecified atom stereocenters. The van der Waals surface area contributed by atoms with Crippen LogP contribution < -0.4 is 5.32 Å². The van der Waals surface area contributed by atoms with E-state index in [0.717, 1.165) is 25.7 Å². The van der Waals surface area contributed by atoms with E-state index in [1.54, 1.807) is 24.3 Å². The molecule has 0 aromatic rings. The average Bonchev–Trinajstić information content (AvgIpc) is 2.64. The van der Waals surface area contributed by atoms with Gasteiger partial charge in [-0.3, -0.25) is 14.5 Å². The first kappa shape index (κ1) is 18.5. The SMILES string of the molecule is O=C(CCCCCN1C(=O)N=C2C=CC=CC2C1=O)NC1CCCCC1. The normalized spacial score (nSPS) is 23.0. The number of nitrogens with zero attached hydrogens (tertiary/aromatic N) is 2. The van der Waals surface area contributed by atoms with Gasteiger partial charge in [-0.1, -0.05) is 43.9 Å². The monoisotopic (exact) mass is 357 g/mol. The Morgan fingerprint density at radius 2 is 1.92 bits per heavy atom. The third-order valence-corrected chi connectivity index (χ3v) is 5.24. The number of urea groups is 1. The molecule has 0 radical (unpaired) electrons. The van der Waals surface area contributed by atoms with Crippen molar-refractivity contribution in [2.24, 2.45) is 10.9 Å². The van der Waals surface area contributed by atoms with Gasteiger partial charge in [0.05, 0.1) is 11.6 Å². The average molecular weight is 357 g/mol. The Balaban J connectivity index is 1.36. The topological polar surface area (TPSA) is 78.8 Å². The van der Waals surface area contributed by atoms with Crippen LogP contribution in [-0.4, -0.2) is 41.0 Å². The highest BCUT2D eigenvalue weighted by molar-refractivity contribution is 6.21. The van der Waals surface area contributed by atoms with Crippen LogP contribution in [0.3, 0.4) is 0 Å². The first-order valence-corrected chi connectivity index (χ1v) is 9.73. The lowest BCUT2D eigenvalue weighted by Gasteiger charge is -2.28. The first-order chi connectivity index (χ1) is 12.6. The largest absolute Gasteiger partial charge is 0.353 e. The minimum atomic E-state index is -0.476. The molecule has 0 saturated heterocycles. The lowest BCUT2D eigenvalue weighted by molar-refractivity contribution is -0.129. The molecule has 1 aliphatic heterocycles. The maximum atomic E-state index is 12.4. The fraction of sp³-hybridized carbons (Fsp3) is 0.600. The number of fused-ring (bicyclic) bond motifs is 1. The molecule has 0 bridgehead atoms. The van der Waals surface area contributed by atoms with Crippen LogP contribution in [0.4, 0.5) is 4.79 Å². The third-order valence-electron chi connectivity index (χ3n) is 5.24. The Hall–Kier alpha value is -2.24. The third kappa shape index (κ3) is 4.68. The summed E-state index contributed by atoms with van der Waals surface area (Å²) in [6.07, 6.45) is 15.8. The molecule has 6 heteroatoms. The number of allylic oxidation sites excluding steroid dienone is 3. The number of hydrogen-bond donors (Lipinski definition) is 1. The van der Waals surface area contributed by atoms with Crippen molar-refractivity contribution in [1.82, 2.24) is 10.2 Å². The summed E-state index contributed by atoms with van der Waals surface area (Å²) in [5, 5.41) is 3.11. The molecular formula is C20H27N3O3. The van der Waals surface area contributed by atoms with E-state index < -0.39 is 11.9 Å². The van der Waals surface area contributed by atoms with Crippen molar-refractivity contribution in [3.8, 4) is 0 Å². The van der Waals surface area contributed by atoms with Crippen molar-refractivity contribution in [2.45, 2.75) is 63.8 Å². The van der Waals surface area contributed by atoms with E-state index in [2.05, 4.69) is 10.3 Å². The summed E-state index contributed by atoms with van der Waals surface area (Å²) >= 11 is 0. The number of nitrogens with one attached hydrogen (secondary N) is 1. The van der Waals surface area contributed by atoms with Gasteiger partial charge in [-0.15, -0.1) is 0 Å². The standard InChI is InChI=1S/C20H27N3O3/c24-18(21-15-9-3-1-4-10-15)13-5-2-8-14-23-19(25)16-11-6-7-12-17(16)22-20(23)26/h6-7,11-12,15-16H,1-5,8-10,13-14H2,(H,21,24). The summed E-state index contributed by atoms with van der Waals surface area (Å²) in [7, 11) is 0. The van der Waals surface area contributed by atoms with Gasteiger partial charge in [0.2, 0.25) is 11.8 Å². The van der Waals surface area contributed by atoms with Crippen molar-refractivity contribution in [3.63, 3.8) is 0 Å². The minimum Gasteiger partial charge on any atom is -0.353 e. The van der Waals surface area contributed by atoms with Gasteiger partial charge in [0.15, 0.2) is 0 Å². The van der Waals surface area contributed by atoms with Crippen LogP contribution in [0.2, 0.25) is 0 Å². The highest BCUT2D eigenvalue weighted by Gasteiger charge is 2.35. The molecule has 1 saturated carbocycles. The second kappa shape index (κ2) is 8.92. The van der Waals surface area contributed by atoms with Gasteiger partial charge in [-0.2, -0.15) is 4.99 Å². The van der Waals surface area contributed by atoms with E-state index in [9.17, 15) is 14.4 Å². The number of unbranched alkanes of at least 4 members (excludes halogenated alkanes) is 2. The maximum Gasteiger partial charge on any atom is 0.350 e. The van der Waals surface area contributed by atoms with Crippen LogP contribution in [0.25, 0.3) is 0 Å². The number of imide groups is 1. The second-order valence-electron chi connectivity index (χ2n) is 7.24. The molecule has 140 valence electrons. The first-order valence-electron chi connectivity index (χ1n) is 9.73. The molecule has 1 heterocycles. The van der Waals surface area contributed by atoms with E-state index >= 15 is 0 Å². The van der Waals surface area contributed by atoms with Gasteiger partial charge in [0.25, 0.3) is 0 Å². The predicted molar refractivity (Wildman–Crippen MR) is 99.8 cm³/mol. The van der Waals surface area contributed by atoms with Gasteiger partial charge < -0.3 is 5.32 Å². The van der Waals surface area contributed by atoms with Crippen molar-refractivity contribution < 1.29 is 14.4 Å². The van der Waals surface area contributed by atoms with Crippen LogP contribution in [0.5, 0.6) is 0 Å². The summed E-state index contributed by atoms with van der Waals surface area (Å²) in [5.41, 5.74) is 0.526. The molecule has 0 aromatic heterocycles. The molecule has 0 aromatic carbocycles. The quantitative estimate of drug-likeness (QED) is 0.711. The van der Waals surface area contributed by atoms with Crippen molar-refractivity contribution in [3.05, 3.63) is 24.3 Å². The Morgan fingerprint density at radius 1 is 1.12 bits per heavy atom. The van der Waals surface area contributed by atoms with Gasteiger partial charge in [-0.05, 0) is 31.8 Å². The summed E-state index contributed by atoms with van der Waals surface area (Å²) < 4.78 is 0. The second-order valence-corrected chi connectivity index (χ2v) is 7.24. The number of hydrogen-bond acceptors (Lipinski definition) is 3. The molecule has 4 amide bonds. The van der Waals surface area contributed by atoms with Crippen LogP contribution >= 0.6 is 0 Å². The Labute approximate surface area is 154 Å². The predicted octanol–water partition coefficient (Wildman–Crippen LogP) is 3.14. The highest BCUT2D eigenvalue weighted by atomic mass is 16.2. The minimum absolute atomic E-state index is 0.121. The van der Waals surface area contributed by atoms with E-state index in [0.29, 0.717) is 31.1 Å². The van der Waals surface area contributed by atoms with E-state index in [1.807, 2.05) is 0 Å². The zero-order valence-corrected chi connectivity index (χ0v) is 15.2. The molecule has 3 aliphatic rings. The van der Waals surface area contributed by atoms with Crippen molar-refractivity contribution in [2.75, 3.05) is 6.54 Å². The zero-order valence-electron chi connectivity index (χ0n) is 15.2. The number of rotatable bonds is 7. The fourth-order valence-corrected chi connectivity index (χ4v) is 3.77. The van der Waals surface area contributed by atoms with Crippen molar-refractivity contribution in [1.29, 1.82) is 0 Å². The fourth-order valence-electron chi connectivity index (χ4n) is 3.77. The van der Waals surface area contributed by atoms with Crippen molar-refractivity contribution >= 4 is 23.6 Å². The Bertz CT molecular complexity index is 645. The van der Waals surface area contributed by atoms with Crippen LogP contribution in [0.15, 0.2) is 29.3 Å².